The molecule has 1 fully saturated rings. The average Bonchev–Trinajstić information content (AvgIpc) is 2.92. The van der Waals surface area contributed by atoms with E-state index < -0.39 is 0 Å². The number of carbonyl (C=O) groups is 1. The fourth-order valence-corrected chi connectivity index (χ4v) is 2.36. The molecule has 1 aromatic heterocycles. The first-order valence-corrected chi connectivity index (χ1v) is 7.45. The molecule has 2 rings (SSSR count). The second-order valence-electron chi connectivity index (χ2n) is 6.45. The third-order valence-electron chi connectivity index (χ3n) is 3.73. The molecule has 1 saturated heterocycles. The van der Waals surface area contributed by atoms with Crippen molar-refractivity contribution in [3.05, 3.63) is 23.9 Å². The molecule has 4 nitrogen and oxygen atoms in total. The average molecular weight is 275 g/mol. The van der Waals surface area contributed by atoms with Crippen LogP contribution in [0.4, 0.5) is 5.82 Å². The Morgan fingerprint density at radius 1 is 1.30 bits per heavy atom. The maximum Gasteiger partial charge on any atom is 0.224 e. The van der Waals surface area contributed by atoms with Gasteiger partial charge in [-0.3, -0.25) is 4.79 Å². The lowest BCUT2D eigenvalue weighted by atomic mass is 9.88. The Hall–Kier alpha value is -1.58. The lowest BCUT2D eigenvalue weighted by Gasteiger charge is -2.19. The molecule has 0 aliphatic carbocycles. The first-order chi connectivity index (χ1) is 9.47. The molecule has 110 valence electrons. The van der Waals surface area contributed by atoms with Crippen molar-refractivity contribution in [2.24, 2.45) is 0 Å². The van der Waals surface area contributed by atoms with Crippen LogP contribution < -0.4 is 5.32 Å². The van der Waals surface area contributed by atoms with Crippen molar-refractivity contribution in [2.75, 3.05) is 25.0 Å². The first kappa shape index (κ1) is 14.8. The van der Waals surface area contributed by atoms with Gasteiger partial charge in [-0.2, -0.15) is 0 Å². The van der Waals surface area contributed by atoms with Gasteiger partial charge in [0.25, 0.3) is 0 Å². The number of hydrogen-bond acceptors (Lipinski definition) is 3. The molecule has 0 radical (unpaired) electrons. The van der Waals surface area contributed by atoms with Crippen LogP contribution in [0.3, 0.4) is 0 Å². The van der Waals surface area contributed by atoms with Crippen LogP contribution in [0.2, 0.25) is 0 Å². The number of likely N-dealkylation sites (tertiary alicyclic amines) is 1. The highest BCUT2D eigenvalue weighted by Gasteiger charge is 2.17. The zero-order valence-electron chi connectivity index (χ0n) is 12.8. The van der Waals surface area contributed by atoms with E-state index in [-0.39, 0.29) is 11.3 Å². The number of pyridine rings is 1. The zero-order valence-corrected chi connectivity index (χ0v) is 12.8. The monoisotopic (exact) mass is 275 g/mol. The molecule has 0 aromatic carbocycles. The van der Waals surface area contributed by atoms with E-state index in [4.69, 9.17) is 0 Å². The number of rotatable bonds is 4. The summed E-state index contributed by atoms with van der Waals surface area (Å²) < 4.78 is 0. The van der Waals surface area contributed by atoms with Gasteiger partial charge in [-0.05, 0) is 29.9 Å². The molecule has 0 atom stereocenters. The van der Waals surface area contributed by atoms with E-state index in [9.17, 15) is 4.79 Å². The van der Waals surface area contributed by atoms with Crippen molar-refractivity contribution >= 4 is 11.7 Å². The van der Waals surface area contributed by atoms with Crippen molar-refractivity contribution in [1.29, 1.82) is 0 Å². The normalized spacial score (nSPS) is 15.4. The molecule has 1 N–H and O–H groups in total. The lowest BCUT2D eigenvalue weighted by Crippen LogP contribution is -2.29. The molecule has 1 amide bonds. The second kappa shape index (κ2) is 6.25. The minimum atomic E-state index is 0.122. The largest absolute Gasteiger partial charge is 0.370 e. The Morgan fingerprint density at radius 3 is 2.55 bits per heavy atom. The predicted octanol–water partition coefficient (Wildman–Crippen LogP) is 2.80. The number of nitrogens with one attached hydrogen (secondary N) is 1. The van der Waals surface area contributed by atoms with Crippen molar-refractivity contribution in [3.8, 4) is 0 Å². The molecular weight excluding hydrogens is 250 g/mol. The Balaban J connectivity index is 1.78. The number of carbonyl (C=O) groups excluding carboxylic acids is 1. The van der Waals surface area contributed by atoms with Gasteiger partial charge >= 0.3 is 0 Å². The summed E-state index contributed by atoms with van der Waals surface area (Å²) in [6.07, 6.45) is 4.75. The highest BCUT2D eigenvalue weighted by molar-refractivity contribution is 5.76. The van der Waals surface area contributed by atoms with Crippen LogP contribution in [0, 0.1) is 0 Å². The number of aromatic nitrogens is 1. The standard InChI is InChI=1S/C16H25N3O/c1-16(2,3)13-6-7-14(18-12-13)17-9-8-15(20)19-10-4-5-11-19/h6-7,12H,4-5,8-11H2,1-3H3,(H,17,18). The lowest BCUT2D eigenvalue weighted by molar-refractivity contribution is -0.129. The van der Waals surface area contributed by atoms with Gasteiger partial charge in [-0.15, -0.1) is 0 Å². The predicted molar refractivity (Wildman–Crippen MR) is 81.9 cm³/mol. The van der Waals surface area contributed by atoms with Gasteiger partial charge in [0.2, 0.25) is 5.91 Å². The molecule has 2 heterocycles. The van der Waals surface area contributed by atoms with Gasteiger partial charge in [0, 0.05) is 32.3 Å². The van der Waals surface area contributed by atoms with Crippen molar-refractivity contribution in [1.82, 2.24) is 9.88 Å². The van der Waals surface area contributed by atoms with Gasteiger partial charge in [-0.1, -0.05) is 26.8 Å². The molecule has 20 heavy (non-hydrogen) atoms. The van der Waals surface area contributed by atoms with Gasteiger partial charge in [0.15, 0.2) is 0 Å². The fourth-order valence-electron chi connectivity index (χ4n) is 2.36. The van der Waals surface area contributed by atoms with E-state index in [2.05, 4.69) is 37.1 Å². The van der Waals surface area contributed by atoms with Crippen LogP contribution >= 0.6 is 0 Å². The Bertz CT molecular complexity index is 442. The van der Waals surface area contributed by atoms with Crippen LogP contribution in [0.15, 0.2) is 18.3 Å². The quantitative estimate of drug-likeness (QED) is 0.919. The third-order valence-corrected chi connectivity index (χ3v) is 3.73. The Kier molecular flexibility index (Phi) is 4.63. The SMILES string of the molecule is CC(C)(C)c1ccc(NCCC(=O)N2CCCC2)nc1. The highest BCUT2D eigenvalue weighted by Crippen LogP contribution is 2.21. The minimum Gasteiger partial charge on any atom is -0.370 e. The van der Waals surface area contributed by atoms with E-state index in [0.717, 1.165) is 31.7 Å². The summed E-state index contributed by atoms with van der Waals surface area (Å²) in [6.45, 7) is 9.02. The van der Waals surface area contributed by atoms with E-state index >= 15 is 0 Å². The van der Waals surface area contributed by atoms with Crippen LogP contribution in [0.1, 0.15) is 45.6 Å². The molecule has 0 unspecified atom stereocenters. The highest BCUT2D eigenvalue weighted by atomic mass is 16.2. The van der Waals surface area contributed by atoms with Crippen LogP contribution in [0.25, 0.3) is 0 Å². The summed E-state index contributed by atoms with van der Waals surface area (Å²) in [7, 11) is 0. The molecular formula is C16H25N3O. The Labute approximate surface area is 121 Å². The maximum atomic E-state index is 11.9. The van der Waals surface area contributed by atoms with E-state index in [1.54, 1.807) is 0 Å². The summed E-state index contributed by atoms with van der Waals surface area (Å²) in [5.41, 5.74) is 1.34. The fraction of sp³-hybridized carbons (Fsp3) is 0.625. The summed E-state index contributed by atoms with van der Waals surface area (Å²) in [6, 6.07) is 4.08. The summed E-state index contributed by atoms with van der Waals surface area (Å²) in [4.78, 5) is 18.2. The van der Waals surface area contributed by atoms with Crippen molar-refractivity contribution < 1.29 is 4.79 Å². The number of hydrogen-bond donors (Lipinski definition) is 1. The smallest absolute Gasteiger partial charge is 0.224 e. The first-order valence-electron chi connectivity index (χ1n) is 7.45. The molecule has 4 heteroatoms. The second-order valence-corrected chi connectivity index (χ2v) is 6.45. The summed E-state index contributed by atoms with van der Waals surface area (Å²) >= 11 is 0. The number of nitrogens with zero attached hydrogens (tertiary/aromatic N) is 2. The molecule has 1 aliphatic rings. The molecule has 0 spiro atoms. The van der Waals surface area contributed by atoms with Crippen LogP contribution in [-0.2, 0) is 10.2 Å². The summed E-state index contributed by atoms with van der Waals surface area (Å²) in [5, 5.41) is 3.22. The zero-order chi connectivity index (χ0) is 14.6. The molecule has 1 aliphatic heterocycles. The van der Waals surface area contributed by atoms with Gasteiger partial charge in [-0.25, -0.2) is 4.98 Å². The van der Waals surface area contributed by atoms with Gasteiger partial charge in [0.1, 0.15) is 5.82 Å². The maximum absolute atomic E-state index is 11.9. The van der Waals surface area contributed by atoms with Crippen molar-refractivity contribution in [3.63, 3.8) is 0 Å². The Morgan fingerprint density at radius 2 is 2.00 bits per heavy atom. The summed E-state index contributed by atoms with van der Waals surface area (Å²) in [5.74, 6) is 1.09. The van der Waals surface area contributed by atoms with E-state index in [0.29, 0.717) is 13.0 Å². The topological polar surface area (TPSA) is 45.2 Å². The van der Waals surface area contributed by atoms with E-state index in [1.165, 1.54) is 5.56 Å². The minimum absolute atomic E-state index is 0.122. The van der Waals surface area contributed by atoms with Gasteiger partial charge < -0.3 is 10.2 Å². The third kappa shape index (κ3) is 3.95. The van der Waals surface area contributed by atoms with E-state index in [1.807, 2.05) is 17.2 Å². The van der Waals surface area contributed by atoms with Crippen LogP contribution in [-0.4, -0.2) is 35.4 Å². The van der Waals surface area contributed by atoms with Crippen molar-refractivity contribution in [2.45, 2.75) is 45.4 Å². The van der Waals surface area contributed by atoms with Gasteiger partial charge in [0.05, 0.1) is 0 Å². The van der Waals surface area contributed by atoms with Crippen LogP contribution in [0.5, 0.6) is 0 Å². The number of amides is 1. The molecule has 0 saturated carbocycles. The molecule has 1 aromatic rings. The number of anilines is 1. The molecule has 0 bridgehead atoms.